The summed E-state index contributed by atoms with van der Waals surface area (Å²) in [5.41, 5.74) is 2.09. The van der Waals surface area contributed by atoms with Crippen LogP contribution < -0.4 is 4.90 Å². The molecule has 2 aromatic rings. The average molecular weight is 302 g/mol. The van der Waals surface area contributed by atoms with Crippen LogP contribution in [0.1, 0.15) is 28.5 Å². The summed E-state index contributed by atoms with van der Waals surface area (Å²) in [5.74, 6) is -1.16. The molecule has 5 heteroatoms. The van der Waals surface area contributed by atoms with Gasteiger partial charge in [0.05, 0.1) is 5.69 Å². The van der Waals surface area contributed by atoms with Crippen molar-refractivity contribution in [2.75, 3.05) is 18.5 Å². The maximum Gasteiger partial charge on any atom is 0.312 e. The number of hydrogen-bond donors (Lipinski definition) is 1. The number of nitrogens with zero attached hydrogens (tertiary/aromatic N) is 2. The number of benzene rings is 1. The number of likely N-dealkylation sites (N-methyl/N-ethyl adjacent to an activating group) is 1. The molecule has 3 rings (SSSR count). The molecule has 4 nitrogen and oxygen atoms in total. The molecule has 110 valence electrons. The third-order valence-electron chi connectivity index (χ3n) is 3.91. The van der Waals surface area contributed by atoms with E-state index in [4.69, 9.17) is 0 Å². The minimum Gasteiger partial charge on any atom is -0.481 e. The van der Waals surface area contributed by atoms with Crippen LogP contribution in [0.25, 0.3) is 0 Å². The van der Waals surface area contributed by atoms with E-state index in [1.807, 2.05) is 25.2 Å². The predicted octanol–water partition coefficient (Wildman–Crippen LogP) is 2.94. The number of aliphatic carboxylic acids is 1. The lowest BCUT2D eigenvalue weighted by Gasteiger charge is -2.16. The first-order chi connectivity index (χ1) is 10.1. The Kier molecular flexibility index (Phi) is 3.92. The minimum atomic E-state index is -0.752. The van der Waals surface area contributed by atoms with Crippen molar-refractivity contribution in [3.05, 3.63) is 46.5 Å². The van der Waals surface area contributed by atoms with Crippen LogP contribution in [0, 0.1) is 0 Å². The molecule has 0 saturated carbocycles. The van der Waals surface area contributed by atoms with Crippen molar-refractivity contribution in [1.82, 2.24) is 4.98 Å². The number of rotatable bonds is 5. The van der Waals surface area contributed by atoms with Gasteiger partial charge in [0.25, 0.3) is 0 Å². The number of carbonyl (C=O) groups is 1. The van der Waals surface area contributed by atoms with Crippen LogP contribution in [0.2, 0.25) is 0 Å². The van der Waals surface area contributed by atoms with Crippen molar-refractivity contribution in [3.63, 3.8) is 0 Å². The van der Waals surface area contributed by atoms with Crippen LogP contribution in [0.4, 0.5) is 5.13 Å². The summed E-state index contributed by atoms with van der Waals surface area (Å²) in [6.45, 7) is 0.883. The molecule has 0 bridgehead atoms. The highest BCUT2D eigenvalue weighted by molar-refractivity contribution is 7.15. The van der Waals surface area contributed by atoms with Gasteiger partial charge in [0.1, 0.15) is 5.92 Å². The fourth-order valence-electron chi connectivity index (χ4n) is 2.66. The van der Waals surface area contributed by atoms with Crippen molar-refractivity contribution >= 4 is 22.4 Å². The van der Waals surface area contributed by atoms with Crippen LogP contribution in [0.3, 0.4) is 0 Å². The van der Waals surface area contributed by atoms with Gasteiger partial charge in [0.2, 0.25) is 0 Å². The Morgan fingerprint density at radius 1 is 1.43 bits per heavy atom. The molecule has 1 heterocycles. The summed E-state index contributed by atoms with van der Waals surface area (Å²) in [6, 6.07) is 10.4. The van der Waals surface area contributed by atoms with Gasteiger partial charge in [-0.2, -0.15) is 0 Å². The molecule has 0 radical (unpaired) electrons. The SMILES string of the molecule is CN(CCc1ccccc1)c1nc2c(s1)CCC2C(=O)O. The summed E-state index contributed by atoms with van der Waals surface area (Å²) in [5, 5.41) is 10.1. The van der Waals surface area contributed by atoms with Gasteiger partial charge in [-0.3, -0.25) is 4.79 Å². The van der Waals surface area contributed by atoms with Crippen LogP contribution in [0.15, 0.2) is 30.3 Å². The molecule has 1 N–H and O–H groups in total. The topological polar surface area (TPSA) is 53.4 Å². The zero-order valence-corrected chi connectivity index (χ0v) is 12.8. The zero-order chi connectivity index (χ0) is 14.8. The lowest BCUT2D eigenvalue weighted by Crippen LogP contribution is -2.20. The summed E-state index contributed by atoms with van der Waals surface area (Å²) >= 11 is 1.64. The van der Waals surface area contributed by atoms with E-state index in [0.717, 1.165) is 35.1 Å². The van der Waals surface area contributed by atoms with Crippen molar-refractivity contribution in [3.8, 4) is 0 Å². The maximum atomic E-state index is 11.2. The average Bonchev–Trinajstić information content (AvgIpc) is 3.05. The minimum absolute atomic E-state index is 0.410. The number of anilines is 1. The number of aryl methyl sites for hydroxylation is 1. The quantitative estimate of drug-likeness (QED) is 0.922. The largest absolute Gasteiger partial charge is 0.481 e. The monoisotopic (exact) mass is 302 g/mol. The third-order valence-corrected chi connectivity index (χ3v) is 5.15. The van der Waals surface area contributed by atoms with Gasteiger partial charge in [-0.1, -0.05) is 30.3 Å². The van der Waals surface area contributed by atoms with Gasteiger partial charge in [-0.15, -0.1) is 11.3 Å². The van der Waals surface area contributed by atoms with E-state index in [2.05, 4.69) is 22.0 Å². The zero-order valence-electron chi connectivity index (χ0n) is 12.0. The smallest absolute Gasteiger partial charge is 0.312 e. The Labute approximate surface area is 128 Å². The lowest BCUT2D eigenvalue weighted by molar-refractivity contribution is -0.138. The molecule has 1 aliphatic carbocycles. The van der Waals surface area contributed by atoms with Crippen LogP contribution >= 0.6 is 11.3 Å². The van der Waals surface area contributed by atoms with E-state index in [1.54, 1.807) is 11.3 Å². The molecule has 0 saturated heterocycles. The Morgan fingerprint density at radius 3 is 2.90 bits per heavy atom. The summed E-state index contributed by atoms with van der Waals surface area (Å²) in [7, 11) is 2.02. The van der Waals surface area contributed by atoms with Gasteiger partial charge in [-0.05, 0) is 24.8 Å². The highest BCUT2D eigenvalue weighted by Gasteiger charge is 2.32. The Hall–Kier alpha value is -1.88. The Morgan fingerprint density at radius 2 is 2.19 bits per heavy atom. The van der Waals surface area contributed by atoms with Crippen LogP contribution in [-0.4, -0.2) is 29.7 Å². The molecule has 0 amide bonds. The normalized spacial score (nSPS) is 16.7. The van der Waals surface area contributed by atoms with Gasteiger partial charge in [-0.25, -0.2) is 4.98 Å². The molecule has 1 aliphatic rings. The molecular weight excluding hydrogens is 284 g/mol. The second kappa shape index (κ2) is 5.85. The van der Waals surface area contributed by atoms with Crippen LogP contribution in [-0.2, 0) is 17.6 Å². The summed E-state index contributed by atoms with van der Waals surface area (Å²) in [6.07, 6.45) is 2.50. The van der Waals surface area contributed by atoms with Crippen LogP contribution in [0.5, 0.6) is 0 Å². The van der Waals surface area contributed by atoms with E-state index < -0.39 is 11.9 Å². The number of carboxylic acid groups (broad SMARTS) is 1. The summed E-state index contributed by atoms with van der Waals surface area (Å²) < 4.78 is 0. The molecule has 0 aliphatic heterocycles. The highest BCUT2D eigenvalue weighted by atomic mass is 32.1. The highest BCUT2D eigenvalue weighted by Crippen LogP contribution is 2.39. The van der Waals surface area contributed by atoms with Crippen molar-refractivity contribution in [1.29, 1.82) is 0 Å². The number of aromatic nitrogens is 1. The molecule has 0 fully saturated rings. The van der Waals surface area contributed by atoms with E-state index in [1.165, 1.54) is 5.56 Å². The van der Waals surface area contributed by atoms with Crippen molar-refractivity contribution in [2.45, 2.75) is 25.2 Å². The first-order valence-electron chi connectivity index (χ1n) is 7.12. The van der Waals surface area contributed by atoms with Gasteiger partial charge < -0.3 is 10.0 Å². The molecule has 1 aromatic heterocycles. The number of fused-ring (bicyclic) bond motifs is 1. The molecule has 1 atom stereocenters. The summed E-state index contributed by atoms with van der Waals surface area (Å²) in [4.78, 5) is 19.0. The van der Waals surface area contributed by atoms with Gasteiger partial charge in [0.15, 0.2) is 5.13 Å². The first-order valence-corrected chi connectivity index (χ1v) is 7.94. The van der Waals surface area contributed by atoms with E-state index >= 15 is 0 Å². The number of hydrogen-bond acceptors (Lipinski definition) is 4. The number of carboxylic acids is 1. The first kappa shape index (κ1) is 14.1. The number of thiazole rings is 1. The van der Waals surface area contributed by atoms with Crippen molar-refractivity contribution in [2.24, 2.45) is 0 Å². The second-order valence-electron chi connectivity index (χ2n) is 5.39. The standard InChI is InChI=1S/C16H18N2O2S/c1-18(10-9-11-5-3-2-4-6-11)16-17-14-12(15(19)20)7-8-13(14)21-16/h2-6,12H,7-10H2,1H3,(H,19,20). The molecule has 1 aromatic carbocycles. The van der Waals surface area contributed by atoms with Crippen molar-refractivity contribution < 1.29 is 9.90 Å². The Bertz CT molecular complexity index is 639. The van der Waals surface area contributed by atoms with E-state index in [9.17, 15) is 9.90 Å². The molecule has 21 heavy (non-hydrogen) atoms. The van der Waals surface area contributed by atoms with Gasteiger partial charge >= 0.3 is 5.97 Å². The fraction of sp³-hybridized carbons (Fsp3) is 0.375. The Balaban J connectivity index is 1.68. The fourth-order valence-corrected chi connectivity index (χ4v) is 3.78. The lowest BCUT2D eigenvalue weighted by atomic mass is 10.1. The van der Waals surface area contributed by atoms with Gasteiger partial charge in [0, 0.05) is 18.5 Å². The second-order valence-corrected chi connectivity index (χ2v) is 6.45. The molecular formula is C16H18N2O2S. The molecule has 1 unspecified atom stereocenters. The third kappa shape index (κ3) is 2.93. The predicted molar refractivity (Wildman–Crippen MR) is 84.2 cm³/mol. The molecule has 0 spiro atoms. The van der Waals surface area contributed by atoms with E-state index in [-0.39, 0.29) is 0 Å². The maximum absolute atomic E-state index is 11.2. The van der Waals surface area contributed by atoms with E-state index in [0.29, 0.717) is 6.42 Å².